The molecule has 1 saturated heterocycles. The van der Waals surface area contributed by atoms with Gasteiger partial charge < -0.3 is 0 Å². The van der Waals surface area contributed by atoms with Crippen LogP contribution in [0.15, 0.2) is 0 Å². The van der Waals surface area contributed by atoms with Crippen molar-refractivity contribution < 1.29 is 9.59 Å². The molecular weight excluding hydrogens is 294 g/mol. The van der Waals surface area contributed by atoms with E-state index in [4.69, 9.17) is 0 Å². The molecule has 0 bridgehead atoms. The number of carbonyl (C=O) groups excluding carboxylic acids is 2. The van der Waals surface area contributed by atoms with Gasteiger partial charge in [0.05, 0.1) is 0 Å². The molecule has 1 unspecified atom stereocenters. The van der Waals surface area contributed by atoms with E-state index in [1.54, 1.807) is 0 Å². The van der Waals surface area contributed by atoms with Gasteiger partial charge in [-0.3, -0.25) is 14.5 Å². The zero-order chi connectivity index (χ0) is 16.2. The summed E-state index contributed by atoms with van der Waals surface area (Å²) in [6.07, 6.45) is 11.7. The lowest BCUT2D eigenvalue weighted by Gasteiger charge is -2.24. The first-order valence-electron chi connectivity index (χ1n) is 9.13. The highest BCUT2D eigenvalue weighted by molar-refractivity contribution is 7.99. The number of unbranched alkanes of at least 4 members (excludes halogenated alkanes) is 3. The monoisotopic (exact) mass is 327 g/mol. The molecule has 1 aliphatic rings. The fourth-order valence-electron chi connectivity index (χ4n) is 2.91. The number of piperidine rings is 1. The van der Waals surface area contributed by atoms with Crippen LogP contribution in [-0.4, -0.2) is 34.3 Å². The van der Waals surface area contributed by atoms with E-state index in [0.717, 1.165) is 24.5 Å². The number of likely N-dealkylation sites (tertiary alicyclic amines) is 1. The lowest BCUT2D eigenvalue weighted by Crippen LogP contribution is -2.40. The second kappa shape index (κ2) is 12.0. The Bertz CT molecular complexity index is 317. The SMILES string of the molecule is CCCCC(CCC)SCCCCCN1C(=O)CCCC1=O. The molecule has 1 heterocycles. The number of imide groups is 1. The van der Waals surface area contributed by atoms with Crippen LogP contribution in [0.5, 0.6) is 0 Å². The minimum atomic E-state index is 0.0354. The summed E-state index contributed by atoms with van der Waals surface area (Å²) < 4.78 is 0. The van der Waals surface area contributed by atoms with E-state index in [2.05, 4.69) is 25.6 Å². The molecule has 0 aromatic rings. The van der Waals surface area contributed by atoms with E-state index in [-0.39, 0.29) is 11.8 Å². The molecule has 22 heavy (non-hydrogen) atoms. The van der Waals surface area contributed by atoms with Crippen LogP contribution in [0.1, 0.15) is 84.5 Å². The van der Waals surface area contributed by atoms with Crippen LogP contribution < -0.4 is 0 Å². The third kappa shape index (κ3) is 7.66. The third-order valence-electron chi connectivity index (χ3n) is 4.25. The molecule has 1 atom stereocenters. The zero-order valence-corrected chi connectivity index (χ0v) is 15.3. The molecule has 1 fully saturated rings. The average Bonchev–Trinajstić information content (AvgIpc) is 2.50. The van der Waals surface area contributed by atoms with Crippen molar-refractivity contribution in [1.82, 2.24) is 4.90 Å². The van der Waals surface area contributed by atoms with Crippen LogP contribution in [0.2, 0.25) is 0 Å². The van der Waals surface area contributed by atoms with Crippen LogP contribution in [0.3, 0.4) is 0 Å². The molecular formula is C18H33NO2S. The van der Waals surface area contributed by atoms with Crippen molar-refractivity contribution in [3.8, 4) is 0 Å². The van der Waals surface area contributed by atoms with Gasteiger partial charge in [-0.15, -0.1) is 0 Å². The maximum absolute atomic E-state index is 11.7. The summed E-state index contributed by atoms with van der Waals surface area (Å²) in [6, 6.07) is 0. The van der Waals surface area contributed by atoms with Crippen molar-refractivity contribution in [1.29, 1.82) is 0 Å². The second-order valence-corrected chi connectivity index (χ2v) is 7.69. The van der Waals surface area contributed by atoms with Gasteiger partial charge in [0, 0.05) is 24.6 Å². The maximum atomic E-state index is 11.7. The van der Waals surface area contributed by atoms with Gasteiger partial charge in [-0.1, -0.05) is 39.5 Å². The van der Waals surface area contributed by atoms with Gasteiger partial charge >= 0.3 is 0 Å². The molecule has 1 aliphatic heterocycles. The van der Waals surface area contributed by atoms with Gasteiger partial charge in [-0.05, 0) is 37.9 Å². The Balaban J connectivity index is 2.08. The summed E-state index contributed by atoms with van der Waals surface area (Å²) in [5.41, 5.74) is 0. The molecule has 0 N–H and O–H groups in total. The summed E-state index contributed by atoms with van der Waals surface area (Å²) >= 11 is 2.13. The minimum Gasteiger partial charge on any atom is -0.283 e. The lowest BCUT2D eigenvalue weighted by atomic mass is 10.1. The Morgan fingerprint density at radius 3 is 2.32 bits per heavy atom. The van der Waals surface area contributed by atoms with Crippen molar-refractivity contribution in [3.05, 3.63) is 0 Å². The van der Waals surface area contributed by atoms with Crippen molar-refractivity contribution in [2.45, 2.75) is 89.7 Å². The number of rotatable bonds is 12. The smallest absolute Gasteiger partial charge is 0.229 e. The van der Waals surface area contributed by atoms with Crippen LogP contribution in [0, 0.1) is 0 Å². The maximum Gasteiger partial charge on any atom is 0.229 e. The Labute approximate surface area is 140 Å². The number of thioether (sulfide) groups is 1. The first-order valence-corrected chi connectivity index (χ1v) is 10.2. The van der Waals surface area contributed by atoms with Crippen molar-refractivity contribution in [2.24, 2.45) is 0 Å². The molecule has 0 aliphatic carbocycles. The van der Waals surface area contributed by atoms with E-state index >= 15 is 0 Å². The van der Waals surface area contributed by atoms with Crippen LogP contribution >= 0.6 is 11.8 Å². The summed E-state index contributed by atoms with van der Waals surface area (Å²) in [5, 5.41) is 0.829. The summed E-state index contributed by atoms with van der Waals surface area (Å²) in [4.78, 5) is 24.9. The predicted molar refractivity (Wildman–Crippen MR) is 95.1 cm³/mol. The molecule has 0 spiro atoms. The third-order valence-corrected chi connectivity index (χ3v) is 5.72. The van der Waals surface area contributed by atoms with E-state index in [1.807, 2.05) is 0 Å². The van der Waals surface area contributed by atoms with E-state index < -0.39 is 0 Å². The van der Waals surface area contributed by atoms with Crippen LogP contribution in [0.25, 0.3) is 0 Å². The fourth-order valence-corrected chi connectivity index (χ4v) is 4.35. The van der Waals surface area contributed by atoms with Gasteiger partial charge in [-0.25, -0.2) is 0 Å². The van der Waals surface area contributed by atoms with Gasteiger partial charge in [0.15, 0.2) is 0 Å². The second-order valence-electron chi connectivity index (χ2n) is 6.28. The fraction of sp³-hybridized carbons (Fsp3) is 0.889. The lowest BCUT2D eigenvalue weighted by molar-refractivity contribution is -0.147. The number of nitrogens with zero attached hydrogens (tertiary/aromatic N) is 1. The quantitative estimate of drug-likeness (QED) is 0.382. The highest BCUT2D eigenvalue weighted by atomic mass is 32.2. The molecule has 2 amide bonds. The largest absolute Gasteiger partial charge is 0.283 e. The van der Waals surface area contributed by atoms with Crippen molar-refractivity contribution in [3.63, 3.8) is 0 Å². The number of carbonyl (C=O) groups is 2. The average molecular weight is 328 g/mol. The molecule has 0 aromatic heterocycles. The molecule has 0 radical (unpaired) electrons. The molecule has 3 nitrogen and oxygen atoms in total. The van der Waals surface area contributed by atoms with Gasteiger partial charge in [0.1, 0.15) is 0 Å². The summed E-state index contributed by atoms with van der Waals surface area (Å²) in [5.74, 6) is 1.29. The highest BCUT2D eigenvalue weighted by Gasteiger charge is 2.24. The van der Waals surface area contributed by atoms with Gasteiger partial charge in [0.2, 0.25) is 11.8 Å². The van der Waals surface area contributed by atoms with E-state index in [1.165, 1.54) is 49.2 Å². The predicted octanol–water partition coefficient (Wildman–Crippen LogP) is 4.79. The Hall–Kier alpha value is -0.510. The standard InChI is InChI=1S/C18H33NO2S/c1-3-5-11-16(10-4-2)22-15-8-6-7-14-19-17(20)12-9-13-18(19)21/h16H,3-15H2,1-2H3. The molecule has 0 saturated carbocycles. The van der Waals surface area contributed by atoms with E-state index in [9.17, 15) is 9.59 Å². The summed E-state index contributed by atoms with van der Waals surface area (Å²) in [6.45, 7) is 5.17. The van der Waals surface area contributed by atoms with Crippen LogP contribution in [0.4, 0.5) is 0 Å². The topological polar surface area (TPSA) is 37.4 Å². The first kappa shape index (κ1) is 19.5. The van der Waals surface area contributed by atoms with Gasteiger partial charge in [-0.2, -0.15) is 11.8 Å². The van der Waals surface area contributed by atoms with Crippen molar-refractivity contribution >= 4 is 23.6 Å². The number of hydrogen-bond acceptors (Lipinski definition) is 3. The summed E-state index contributed by atoms with van der Waals surface area (Å²) in [7, 11) is 0. The Morgan fingerprint density at radius 1 is 0.955 bits per heavy atom. The number of hydrogen-bond donors (Lipinski definition) is 0. The minimum absolute atomic E-state index is 0.0354. The Morgan fingerprint density at radius 2 is 1.68 bits per heavy atom. The van der Waals surface area contributed by atoms with Crippen molar-refractivity contribution in [2.75, 3.05) is 12.3 Å². The van der Waals surface area contributed by atoms with Gasteiger partial charge in [0.25, 0.3) is 0 Å². The number of amides is 2. The highest BCUT2D eigenvalue weighted by Crippen LogP contribution is 2.23. The normalized spacial score (nSPS) is 17.1. The first-order chi connectivity index (χ1) is 10.7. The Kier molecular flexibility index (Phi) is 10.6. The zero-order valence-electron chi connectivity index (χ0n) is 14.4. The van der Waals surface area contributed by atoms with Crippen LogP contribution in [-0.2, 0) is 9.59 Å². The molecule has 0 aromatic carbocycles. The van der Waals surface area contributed by atoms with E-state index in [0.29, 0.717) is 19.4 Å². The molecule has 1 rings (SSSR count). The molecule has 4 heteroatoms. The molecule has 128 valence electrons.